The molecule has 3 heteroatoms. The quantitative estimate of drug-likeness (QED) is 0.900. The zero-order chi connectivity index (χ0) is 12.8. The Morgan fingerprint density at radius 1 is 1.06 bits per heavy atom. The van der Waals surface area contributed by atoms with Gasteiger partial charge in [0.1, 0.15) is 0 Å². The molecule has 18 heavy (non-hydrogen) atoms. The highest BCUT2D eigenvalue weighted by atomic mass is 35.5. The molecule has 100 valence electrons. The van der Waals surface area contributed by atoms with Crippen LogP contribution in [-0.4, -0.2) is 29.6 Å². The van der Waals surface area contributed by atoms with Crippen molar-refractivity contribution in [3.05, 3.63) is 34.9 Å². The summed E-state index contributed by atoms with van der Waals surface area (Å²) in [7, 11) is 0. The summed E-state index contributed by atoms with van der Waals surface area (Å²) in [6, 6.07) is 7.50. The molecule has 1 aliphatic rings. The lowest BCUT2D eigenvalue weighted by molar-refractivity contribution is 0.143. The van der Waals surface area contributed by atoms with Crippen LogP contribution in [0.25, 0.3) is 0 Å². The predicted octanol–water partition coefficient (Wildman–Crippen LogP) is 3.64. The SMILES string of the molecule is OC(CCN1CCCCCC1)c1ccc(Cl)cc1. The Hall–Kier alpha value is -0.570. The average molecular weight is 268 g/mol. The van der Waals surface area contributed by atoms with Gasteiger partial charge in [-0.25, -0.2) is 0 Å². The van der Waals surface area contributed by atoms with Crippen LogP contribution >= 0.6 is 11.6 Å². The summed E-state index contributed by atoms with van der Waals surface area (Å²) in [6.07, 6.45) is 5.76. The number of likely N-dealkylation sites (tertiary alicyclic amines) is 1. The summed E-state index contributed by atoms with van der Waals surface area (Å²) >= 11 is 5.84. The summed E-state index contributed by atoms with van der Waals surface area (Å²) < 4.78 is 0. The molecule has 0 aliphatic carbocycles. The van der Waals surface area contributed by atoms with E-state index in [0.717, 1.165) is 23.6 Å². The smallest absolute Gasteiger partial charge is 0.0802 e. The van der Waals surface area contributed by atoms with E-state index in [1.54, 1.807) is 0 Å². The Balaban J connectivity index is 1.80. The van der Waals surface area contributed by atoms with Crippen LogP contribution in [-0.2, 0) is 0 Å². The van der Waals surface area contributed by atoms with Crippen LogP contribution in [0, 0.1) is 0 Å². The molecule has 0 amide bonds. The third-order valence-electron chi connectivity index (χ3n) is 3.67. The number of halogens is 1. The maximum atomic E-state index is 10.1. The van der Waals surface area contributed by atoms with Crippen LogP contribution < -0.4 is 0 Å². The standard InChI is InChI=1S/C15H22ClNO/c16-14-7-5-13(6-8-14)15(18)9-12-17-10-3-1-2-4-11-17/h5-8,15,18H,1-4,9-12H2. The van der Waals surface area contributed by atoms with Gasteiger partial charge in [0.05, 0.1) is 6.10 Å². The fourth-order valence-corrected chi connectivity index (χ4v) is 2.64. The van der Waals surface area contributed by atoms with Gasteiger partial charge in [-0.05, 0) is 50.0 Å². The van der Waals surface area contributed by atoms with Crippen LogP contribution in [0.4, 0.5) is 0 Å². The molecule has 0 radical (unpaired) electrons. The largest absolute Gasteiger partial charge is 0.388 e. The van der Waals surface area contributed by atoms with Crippen molar-refractivity contribution < 1.29 is 5.11 Å². The van der Waals surface area contributed by atoms with Gasteiger partial charge in [0.15, 0.2) is 0 Å². The second kappa shape index (κ2) is 7.13. The van der Waals surface area contributed by atoms with Crippen LogP contribution in [0.5, 0.6) is 0 Å². The van der Waals surface area contributed by atoms with E-state index in [1.165, 1.54) is 38.8 Å². The second-order valence-corrected chi connectivity index (χ2v) is 5.55. The van der Waals surface area contributed by atoms with Crippen molar-refractivity contribution >= 4 is 11.6 Å². The van der Waals surface area contributed by atoms with E-state index in [4.69, 9.17) is 11.6 Å². The molecule has 1 N–H and O–H groups in total. The maximum absolute atomic E-state index is 10.1. The molecular weight excluding hydrogens is 246 g/mol. The van der Waals surface area contributed by atoms with Gasteiger partial charge in [-0.1, -0.05) is 36.6 Å². The van der Waals surface area contributed by atoms with Gasteiger partial charge < -0.3 is 10.0 Å². The first-order valence-corrected chi connectivity index (χ1v) is 7.29. The molecule has 1 fully saturated rings. The zero-order valence-corrected chi connectivity index (χ0v) is 11.6. The van der Waals surface area contributed by atoms with Crippen LogP contribution in [0.2, 0.25) is 5.02 Å². The number of benzene rings is 1. The first-order chi connectivity index (χ1) is 8.75. The van der Waals surface area contributed by atoms with E-state index in [2.05, 4.69) is 4.90 Å². The Bertz CT molecular complexity index is 344. The third kappa shape index (κ3) is 4.27. The second-order valence-electron chi connectivity index (χ2n) is 5.11. The molecule has 1 saturated heterocycles. The molecule has 0 bridgehead atoms. The van der Waals surface area contributed by atoms with E-state index in [-0.39, 0.29) is 6.10 Å². The van der Waals surface area contributed by atoms with Gasteiger partial charge in [0, 0.05) is 11.6 Å². The Labute approximate surface area is 115 Å². The van der Waals surface area contributed by atoms with Crippen molar-refractivity contribution in [2.75, 3.05) is 19.6 Å². The molecule has 1 atom stereocenters. The van der Waals surface area contributed by atoms with Crippen molar-refractivity contribution in [2.24, 2.45) is 0 Å². The summed E-state index contributed by atoms with van der Waals surface area (Å²) in [5, 5.41) is 10.9. The highest BCUT2D eigenvalue weighted by molar-refractivity contribution is 6.30. The number of hydrogen-bond acceptors (Lipinski definition) is 2. The lowest BCUT2D eigenvalue weighted by Gasteiger charge is -2.21. The summed E-state index contributed by atoms with van der Waals surface area (Å²) in [4.78, 5) is 2.48. The number of nitrogens with zero attached hydrogens (tertiary/aromatic N) is 1. The van der Waals surface area contributed by atoms with E-state index in [0.29, 0.717) is 0 Å². The predicted molar refractivity (Wildman–Crippen MR) is 75.9 cm³/mol. The van der Waals surface area contributed by atoms with Gasteiger partial charge in [-0.3, -0.25) is 0 Å². The van der Waals surface area contributed by atoms with Crippen LogP contribution in [0.15, 0.2) is 24.3 Å². The minimum Gasteiger partial charge on any atom is -0.388 e. The lowest BCUT2D eigenvalue weighted by atomic mass is 10.1. The summed E-state index contributed by atoms with van der Waals surface area (Å²) in [6.45, 7) is 3.37. The average Bonchev–Trinajstić information content (AvgIpc) is 2.65. The van der Waals surface area contributed by atoms with Gasteiger partial charge >= 0.3 is 0 Å². The molecular formula is C15H22ClNO. The number of aliphatic hydroxyl groups excluding tert-OH is 1. The Morgan fingerprint density at radius 3 is 2.28 bits per heavy atom. The topological polar surface area (TPSA) is 23.5 Å². The fraction of sp³-hybridized carbons (Fsp3) is 0.600. The molecule has 1 aromatic rings. The van der Waals surface area contributed by atoms with E-state index in [9.17, 15) is 5.11 Å². The third-order valence-corrected chi connectivity index (χ3v) is 3.92. The Kier molecular flexibility index (Phi) is 5.48. The van der Waals surface area contributed by atoms with E-state index >= 15 is 0 Å². The van der Waals surface area contributed by atoms with Gasteiger partial charge in [-0.2, -0.15) is 0 Å². The van der Waals surface area contributed by atoms with Crippen molar-refractivity contribution in [1.29, 1.82) is 0 Å². The molecule has 2 rings (SSSR count). The molecule has 1 unspecified atom stereocenters. The van der Waals surface area contributed by atoms with Crippen molar-refractivity contribution in [1.82, 2.24) is 4.90 Å². The molecule has 1 aromatic carbocycles. The van der Waals surface area contributed by atoms with Gasteiger partial charge in [-0.15, -0.1) is 0 Å². The minimum atomic E-state index is -0.370. The summed E-state index contributed by atoms with van der Waals surface area (Å²) in [5.74, 6) is 0. The Morgan fingerprint density at radius 2 is 1.67 bits per heavy atom. The van der Waals surface area contributed by atoms with Crippen LogP contribution in [0.1, 0.15) is 43.8 Å². The maximum Gasteiger partial charge on any atom is 0.0802 e. The fourth-order valence-electron chi connectivity index (χ4n) is 2.52. The van der Waals surface area contributed by atoms with Gasteiger partial charge in [0.2, 0.25) is 0 Å². The zero-order valence-electron chi connectivity index (χ0n) is 10.8. The molecule has 0 saturated carbocycles. The minimum absolute atomic E-state index is 0.370. The highest BCUT2D eigenvalue weighted by Gasteiger charge is 2.12. The highest BCUT2D eigenvalue weighted by Crippen LogP contribution is 2.20. The lowest BCUT2D eigenvalue weighted by Crippen LogP contribution is -2.26. The number of aliphatic hydroxyl groups is 1. The van der Waals surface area contributed by atoms with Crippen LogP contribution in [0.3, 0.4) is 0 Å². The normalized spacial score (nSPS) is 19.4. The van der Waals surface area contributed by atoms with Gasteiger partial charge in [0.25, 0.3) is 0 Å². The van der Waals surface area contributed by atoms with Crippen molar-refractivity contribution in [2.45, 2.75) is 38.2 Å². The number of hydrogen-bond donors (Lipinski definition) is 1. The van der Waals surface area contributed by atoms with E-state index in [1.807, 2.05) is 24.3 Å². The molecule has 1 aliphatic heterocycles. The van der Waals surface area contributed by atoms with Crippen molar-refractivity contribution in [3.63, 3.8) is 0 Å². The monoisotopic (exact) mass is 267 g/mol. The first-order valence-electron chi connectivity index (χ1n) is 6.91. The number of rotatable bonds is 4. The van der Waals surface area contributed by atoms with Crippen molar-refractivity contribution in [3.8, 4) is 0 Å². The molecule has 2 nitrogen and oxygen atoms in total. The molecule has 1 heterocycles. The first kappa shape index (κ1) is 13.9. The summed E-state index contributed by atoms with van der Waals surface area (Å²) in [5.41, 5.74) is 0.967. The molecule has 0 aromatic heterocycles. The molecule has 0 spiro atoms. The van der Waals surface area contributed by atoms with E-state index < -0.39 is 0 Å².